The Balaban J connectivity index is 2.07. The summed E-state index contributed by atoms with van der Waals surface area (Å²) in [5, 5.41) is 9.21. The predicted octanol–water partition coefficient (Wildman–Crippen LogP) is 5.02. The van der Waals surface area contributed by atoms with Crippen LogP contribution in [0.15, 0.2) is 46.9 Å². The highest BCUT2D eigenvalue weighted by molar-refractivity contribution is 6.35. The van der Waals surface area contributed by atoms with Crippen LogP contribution in [0, 0.1) is 6.92 Å². The molecule has 3 rings (SSSR count). The minimum absolute atomic E-state index is 0.357. The molecular formula is C15H10Cl2N2O. The molecule has 3 aromatic rings. The lowest BCUT2D eigenvalue weighted by Gasteiger charge is -2.00. The molecule has 20 heavy (non-hydrogen) atoms. The molecule has 0 spiro atoms. The quantitative estimate of drug-likeness (QED) is 0.667. The molecule has 0 saturated heterocycles. The van der Waals surface area contributed by atoms with E-state index in [2.05, 4.69) is 10.2 Å². The number of aryl methyl sites for hydroxylation is 1. The lowest BCUT2D eigenvalue weighted by molar-refractivity contribution is 0.584. The van der Waals surface area contributed by atoms with Crippen molar-refractivity contribution in [2.45, 2.75) is 6.92 Å². The van der Waals surface area contributed by atoms with Crippen LogP contribution < -0.4 is 0 Å². The van der Waals surface area contributed by atoms with Crippen molar-refractivity contribution in [3.8, 4) is 22.9 Å². The summed E-state index contributed by atoms with van der Waals surface area (Å²) in [6, 6.07) is 12.9. The van der Waals surface area contributed by atoms with Gasteiger partial charge < -0.3 is 4.42 Å². The van der Waals surface area contributed by atoms with Gasteiger partial charge in [0.25, 0.3) is 0 Å². The zero-order valence-electron chi connectivity index (χ0n) is 10.6. The van der Waals surface area contributed by atoms with Crippen LogP contribution in [0.3, 0.4) is 0 Å². The topological polar surface area (TPSA) is 38.9 Å². The number of rotatable bonds is 2. The van der Waals surface area contributed by atoms with E-state index in [9.17, 15) is 0 Å². The molecule has 0 radical (unpaired) electrons. The highest BCUT2D eigenvalue weighted by Gasteiger charge is 2.14. The van der Waals surface area contributed by atoms with Crippen LogP contribution in [0.25, 0.3) is 22.9 Å². The molecule has 1 heterocycles. The first-order valence-electron chi connectivity index (χ1n) is 6.00. The van der Waals surface area contributed by atoms with E-state index in [-0.39, 0.29) is 0 Å². The second-order valence-electron chi connectivity index (χ2n) is 4.35. The number of aromatic nitrogens is 2. The highest BCUT2D eigenvalue weighted by Crippen LogP contribution is 2.32. The summed E-state index contributed by atoms with van der Waals surface area (Å²) in [6.45, 7) is 1.99. The minimum Gasteiger partial charge on any atom is -0.416 e. The van der Waals surface area contributed by atoms with Gasteiger partial charge in [-0.3, -0.25) is 0 Å². The molecule has 0 bridgehead atoms. The molecule has 0 atom stereocenters. The Morgan fingerprint density at radius 3 is 2.35 bits per heavy atom. The van der Waals surface area contributed by atoms with Gasteiger partial charge >= 0.3 is 0 Å². The van der Waals surface area contributed by atoms with Gasteiger partial charge in [-0.25, -0.2) is 0 Å². The Labute approximate surface area is 126 Å². The maximum Gasteiger partial charge on any atom is 0.249 e. The van der Waals surface area contributed by atoms with Crippen molar-refractivity contribution in [3.05, 3.63) is 58.1 Å². The van der Waals surface area contributed by atoms with Gasteiger partial charge in [-0.05, 0) is 36.8 Å². The third-order valence-corrected chi connectivity index (χ3v) is 3.52. The van der Waals surface area contributed by atoms with Gasteiger partial charge in [-0.1, -0.05) is 41.4 Å². The van der Waals surface area contributed by atoms with E-state index < -0.39 is 0 Å². The van der Waals surface area contributed by atoms with Crippen molar-refractivity contribution in [1.82, 2.24) is 10.2 Å². The third kappa shape index (κ3) is 2.42. The maximum atomic E-state index is 6.13. The van der Waals surface area contributed by atoms with E-state index in [0.717, 1.165) is 11.1 Å². The summed E-state index contributed by atoms with van der Waals surface area (Å²) in [5.74, 6) is 0.824. The lowest BCUT2D eigenvalue weighted by Crippen LogP contribution is -1.81. The maximum absolute atomic E-state index is 6.13. The largest absolute Gasteiger partial charge is 0.416 e. The molecule has 100 valence electrons. The summed E-state index contributed by atoms with van der Waals surface area (Å²) < 4.78 is 5.71. The molecule has 2 aromatic carbocycles. The van der Waals surface area contributed by atoms with Crippen molar-refractivity contribution >= 4 is 23.2 Å². The van der Waals surface area contributed by atoms with E-state index in [1.807, 2.05) is 31.2 Å². The van der Waals surface area contributed by atoms with Gasteiger partial charge in [0.1, 0.15) is 0 Å². The van der Waals surface area contributed by atoms with E-state index in [1.165, 1.54) is 0 Å². The van der Waals surface area contributed by atoms with Crippen LogP contribution in [0.1, 0.15) is 5.56 Å². The van der Waals surface area contributed by atoms with Crippen LogP contribution in [-0.2, 0) is 0 Å². The summed E-state index contributed by atoms with van der Waals surface area (Å²) in [4.78, 5) is 0. The molecule has 0 N–H and O–H groups in total. The molecule has 0 aliphatic heterocycles. The number of halogens is 2. The van der Waals surface area contributed by atoms with E-state index in [1.54, 1.807) is 18.2 Å². The summed E-state index contributed by atoms with van der Waals surface area (Å²) in [5.41, 5.74) is 2.61. The average Bonchev–Trinajstić information content (AvgIpc) is 2.91. The fourth-order valence-corrected chi connectivity index (χ4v) is 2.29. The summed E-state index contributed by atoms with van der Waals surface area (Å²) >= 11 is 12.1. The van der Waals surface area contributed by atoms with Crippen LogP contribution in [0.5, 0.6) is 0 Å². The van der Waals surface area contributed by atoms with Gasteiger partial charge in [0.2, 0.25) is 11.8 Å². The molecule has 3 nitrogen and oxygen atoms in total. The molecule has 0 fully saturated rings. The Bertz CT molecular complexity index is 768. The van der Waals surface area contributed by atoms with E-state index >= 15 is 0 Å². The first-order valence-corrected chi connectivity index (χ1v) is 6.75. The minimum atomic E-state index is 0.357. The van der Waals surface area contributed by atoms with Crippen LogP contribution in [0.2, 0.25) is 10.0 Å². The van der Waals surface area contributed by atoms with Crippen molar-refractivity contribution in [3.63, 3.8) is 0 Å². The molecular weight excluding hydrogens is 295 g/mol. The Kier molecular flexibility index (Phi) is 3.47. The number of nitrogens with zero attached hydrogens (tertiary/aromatic N) is 2. The second kappa shape index (κ2) is 5.27. The van der Waals surface area contributed by atoms with Crippen molar-refractivity contribution in [2.24, 2.45) is 0 Å². The fraction of sp³-hybridized carbons (Fsp3) is 0.0667. The summed E-state index contributed by atoms with van der Waals surface area (Å²) in [7, 11) is 0. The van der Waals surface area contributed by atoms with Gasteiger partial charge in [0.15, 0.2) is 0 Å². The van der Waals surface area contributed by atoms with Crippen molar-refractivity contribution in [2.75, 3.05) is 0 Å². The van der Waals surface area contributed by atoms with Gasteiger partial charge in [0.05, 0.1) is 10.6 Å². The van der Waals surface area contributed by atoms with Crippen LogP contribution >= 0.6 is 23.2 Å². The fourth-order valence-electron chi connectivity index (χ4n) is 1.92. The zero-order chi connectivity index (χ0) is 14.1. The lowest BCUT2D eigenvalue weighted by atomic mass is 10.1. The average molecular weight is 305 g/mol. The second-order valence-corrected chi connectivity index (χ2v) is 5.20. The highest BCUT2D eigenvalue weighted by atomic mass is 35.5. The molecule has 0 aliphatic rings. The monoisotopic (exact) mass is 304 g/mol. The number of hydrogen-bond acceptors (Lipinski definition) is 3. The molecule has 0 saturated carbocycles. The summed E-state index contributed by atoms with van der Waals surface area (Å²) in [6.07, 6.45) is 0. The zero-order valence-corrected chi connectivity index (χ0v) is 12.1. The number of benzene rings is 2. The van der Waals surface area contributed by atoms with Crippen LogP contribution in [0.4, 0.5) is 0 Å². The first-order chi connectivity index (χ1) is 9.65. The molecule has 0 aliphatic carbocycles. The Morgan fingerprint density at radius 1 is 0.900 bits per heavy atom. The standard InChI is InChI=1S/C15H10Cl2N2O/c1-9-4-2-3-5-11(9)14-18-19-15(20-14)12-8-10(16)6-7-13(12)17/h2-8H,1H3. The Morgan fingerprint density at radius 2 is 1.60 bits per heavy atom. The normalized spacial score (nSPS) is 10.8. The number of hydrogen-bond donors (Lipinski definition) is 0. The molecule has 0 unspecified atom stereocenters. The van der Waals surface area contributed by atoms with Gasteiger partial charge in [0, 0.05) is 10.6 Å². The molecule has 0 amide bonds. The first kappa shape index (κ1) is 13.2. The van der Waals surface area contributed by atoms with Crippen LogP contribution in [-0.4, -0.2) is 10.2 Å². The molecule has 1 aromatic heterocycles. The Hall–Kier alpha value is -1.84. The van der Waals surface area contributed by atoms with E-state index in [4.69, 9.17) is 27.6 Å². The smallest absolute Gasteiger partial charge is 0.249 e. The molecule has 5 heteroatoms. The van der Waals surface area contributed by atoms with Gasteiger partial charge in [-0.15, -0.1) is 10.2 Å². The van der Waals surface area contributed by atoms with Gasteiger partial charge in [-0.2, -0.15) is 0 Å². The van der Waals surface area contributed by atoms with Crippen molar-refractivity contribution in [1.29, 1.82) is 0 Å². The SMILES string of the molecule is Cc1ccccc1-c1nnc(-c2cc(Cl)ccc2Cl)o1. The van der Waals surface area contributed by atoms with E-state index in [0.29, 0.717) is 27.4 Å². The van der Waals surface area contributed by atoms with Crippen molar-refractivity contribution < 1.29 is 4.42 Å². The predicted molar refractivity (Wildman–Crippen MR) is 79.9 cm³/mol. The third-order valence-electron chi connectivity index (χ3n) is 2.96.